The first-order valence-electron chi connectivity index (χ1n) is 7.05. The minimum absolute atomic E-state index is 0.204. The van der Waals surface area contributed by atoms with Crippen molar-refractivity contribution < 1.29 is 35.5 Å². The summed E-state index contributed by atoms with van der Waals surface area (Å²) in [5.41, 5.74) is -2.75. The summed E-state index contributed by atoms with van der Waals surface area (Å²) in [6.07, 6.45) is -9.41. The number of anilines is 1. The van der Waals surface area contributed by atoms with Gasteiger partial charge in [0.25, 0.3) is 0 Å². The second-order valence-electron chi connectivity index (χ2n) is 5.17. The third-order valence-corrected chi connectivity index (χ3v) is 3.29. The molecule has 0 aliphatic rings. The van der Waals surface area contributed by atoms with Crippen LogP contribution in [0, 0.1) is 5.82 Å². The topological polar surface area (TPSA) is 41.1 Å². The lowest BCUT2D eigenvalue weighted by atomic mass is 10.1. The lowest BCUT2D eigenvalue weighted by Gasteiger charge is -2.13. The van der Waals surface area contributed by atoms with Gasteiger partial charge in [-0.15, -0.1) is 0 Å². The first-order valence-corrected chi connectivity index (χ1v) is 7.05. The van der Waals surface area contributed by atoms with Crippen LogP contribution >= 0.6 is 0 Å². The molecule has 0 aliphatic carbocycles. The summed E-state index contributed by atoms with van der Waals surface area (Å²) in [5.74, 6) is -1.63. The number of carbonyl (C=O) groups is 1. The summed E-state index contributed by atoms with van der Waals surface area (Å²) < 4.78 is 88.9. The SMILES string of the molecule is O=C(NCc1ccc(C(F)(F)F)cc1)Nc1cccc(C(F)(F)F)c1F. The highest BCUT2D eigenvalue weighted by molar-refractivity contribution is 5.89. The summed E-state index contributed by atoms with van der Waals surface area (Å²) in [7, 11) is 0. The minimum atomic E-state index is -4.92. The number of urea groups is 1. The zero-order valence-corrected chi connectivity index (χ0v) is 12.8. The van der Waals surface area contributed by atoms with Crippen LogP contribution in [0.5, 0.6) is 0 Å². The second-order valence-corrected chi connectivity index (χ2v) is 5.17. The summed E-state index contributed by atoms with van der Waals surface area (Å²) in [6, 6.07) is 5.30. The number of halogens is 7. The fraction of sp³-hybridized carbons (Fsp3) is 0.188. The van der Waals surface area contributed by atoms with E-state index in [2.05, 4.69) is 5.32 Å². The maximum Gasteiger partial charge on any atom is 0.419 e. The van der Waals surface area contributed by atoms with Gasteiger partial charge < -0.3 is 10.6 Å². The Kier molecular flexibility index (Phi) is 5.43. The van der Waals surface area contributed by atoms with E-state index in [1.807, 2.05) is 5.32 Å². The van der Waals surface area contributed by atoms with Gasteiger partial charge >= 0.3 is 18.4 Å². The normalized spacial score (nSPS) is 12.0. The molecule has 0 aromatic heterocycles. The van der Waals surface area contributed by atoms with Crippen LogP contribution < -0.4 is 10.6 Å². The molecule has 0 unspecified atom stereocenters. The molecule has 2 rings (SSSR count). The number of rotatable bonds is 3. The monoisotopic (exact) mass is 380 g/mol. The molecule has 10 heteroatoms. The van der Waals surface area contributed by atoms with E-state index in [1.165, 1.54) is 0 Å². The third-order valence-electron chi connectivity index (χ3n) is 3.29. The van der Waals surface area contributed by atoms with Crippen molar-refractivity contribution in [2.24, 2.45) is 0 Å². The lowest BCUT2D eigenvalue weighted by molar-refractivity contribution is -0.140. The van der Waals surface area contributed by atoms with Gasteiger partial charge in [-0.1, -0.05) is 18.2 Å². The van der Waals surface area contributed by atoms with Gasteiger partial charge in [-0.05, 0) is 29.8 Å². The third kappa shape index (κ3) is 4.87. The molecule has 2 aromatic carbocycles. The van der Waals surface area contributed by atoms with Gasteiger partial charge in [0.2, 0.25) is 0 Å². The van der Waals surface area contributed by atoms with Crippen LogP contribution in [0.15, 0.2) is 42.5 Å². The smallest absolute Gasteiger partial charge is 0.334 e. The Morgan fingerprint density at radius 2 is 1.50 bits per heavy atom. The van der Waals surface area contributed by atoms with E-state index in [0.717, 1.165) is 36.4 Å². The fourth-order valence-electron chi connectivity index (χ4n) is 2.01. The van der Waals surface area contributed by atoms with Crippen molar-refractivity contribution >= 4 is 11.7 Å². The van der Waals surface area contributed by atoms with Crippen LogP contribution in [0.1, 0.15) is 16.7 Å². The molecule has 0 saturated heterocycles. The molecule has 26 heavy (non-hydrogen) atoms. The fourth-order valence-corrected chi connectivity index (χ4v) is 2.01. The molecule has 0 saturated carbocycles. The van der Waals surface area contributed by atoms with E-state index in [-0.39, 0.29) is 6.54 Å². The quantitative estimate of drug-likeness (QED) is 0.708. The second kappa shape index (κ2) is 7.22. The highest BCUT2D eigenvalue weighted by Crippen LogP contribution is 2.34. The van der Waals surface area contributed by atoms with Crippen LogP contribution in [0.4, 0.5) is 41.2 Å². The average molecular weight is 380 g/mol. The standard InChI is InChI=1S/C16H11F7N2O/c17-13-11(16(21,22)23)2-1-3-12(13)25-14(26)24-8-9-4-6-10(7-5-9)15(18,19)20/h1-7H,8H2,(H2,24,25,26). The summed E-state index contributed by atoms with van der Waals surface area (Å²) in [5, 5.41) is 4.14. The van der Waals surface area contributed by atoms with Crippen molar-refractivity contribution in [2.45, 2.75) is 18.9 Å². The molecule has 0 aliphatic heterocycles. The average Bonchev–Trinajstić information content (AvgIpc) is 2.53. The molecule has 0 bridgehead atoms. The molecular weight excluding hydrogens is 369 g/mol. The van der Waals surface area contributed by atoms with E-state index in [0.29, 0.717) is 11.6 Å². The predicted octanol–water partition coefficient (Wildman–Crippen LogP) is 5.19. The molecule has 2 aromatic rings. The van der Waals surface area contributed by atoms with Crippen molar-refractivity contribution in [2.75, 3.05) is 5.32 Å². The van der Waals surface area contributed by atoms with Crippen molar-refractivity contribution in [1.82, 2.24) is 5.32 Å². The van der Waals surface area contributed by atoms with Gasteiger partial charge in [-0.25, -0.2) is 9.18 Å². The van der Waals surface area contributed by atoms with E-state index in [4.69, 9.17) is 0 Å². The van der Waals surface area contributed by atoms with Crippen LogP contribution in [-0.4, -0.2) is 6.03 Å². The highest BCUT2D eigenvalue weighted by atomic mass is 19.4. The highest BCUT2D eigenvalue weighted by Gasteiger charge is 2.35. The van der Waals surface area contributed by atoms with Crippen molar-refractivity contribution in [3.05, 3.63) is 65.0 Å². The summed E-state index contributed by atoms with van der Waals surface area (Å²) in [4.78, 5) is 11.7. The number of nitrogens with one attached hydrogen (secondary N) is 2. The number of hydrogen-bond acceptors (Lipinski definition) is 1. The molecule has 2 N–H and O–H groups in total. The van der Waals surface area contributed by atoms with E-state index < -0.39 is 41.0 Å². The maximum atomic E-state index is 13.8. The van der Waals surface area contributed by atoms with Crippen LogP contribution in [-0.2, 0) is 18.9 Å². The van der Waals surface area contributed by atoms with Gasteiger partial charge in [0.1, 0.15) is 0 Å². The molecule has 140 valence electrons. The first-order chi connectivity index (χ1) is 12.0. The maximum absolute atomic E-state index is 13.8. The molecule has 0 atom stereocenters. The zero-order valence-electron chi connectivity index (χ0n) is 12.8. The number of hydrogen-bond donors (Lipinski definition) is 2. The first kappa shape index (κ1) is 19.5. The number of alkyl halides is 6. The van der Waals surface area contributed by atoms with E-state index in [1.54, 1.807) is 0 Å². The van der Waals surface area contributed by atoms with Gasteiger partial charge in [0.15, 0.2) is 5.82 Å². The molecule has 0 spiro atoms. The molecule has 0 radical (unpaired) electrons. The van der Waals surface area contributed by atoms with Crippen LogP contribution in [0.2, 0.25) is 0 Å². The largest absolute Gasteiger partial charge is 0.419 e. The molecule has 3 nitrogen and oxygen atoms in total. The zero-order chi connectivity index (χ0) is 19.5. The summed E-state index contributed by atoms with van der Waals surface area (Å²) in [6.45, 7) is -0.204. The Balaban J connectivity index is 2.00. The van der Waals surface area contributed by atoms with Crippen molar-refractivity contribution in [3.8, 4) is 0 Å². The van der Waals surface area contributed by atoms with Gasteiger partial charge in [0.05, 0.1) is 16.8 Å². The van der Waals surface area contributed by atoms with E-state index in [9.17, 15) is 35.5 Å². The van der Waals surface area contributed by atoms with Crippen LogP contribution in [0.3, 0.4) is 0 Å². The van der Waals surface area contributed by atoms with Gasteiger partial charge in [-0.3, -0.25) is 0 Å². The Bertz CT molecular complexity index is 783. The van der Waals surface area contributed by atoms with Crippen LogP contribution in [0.25, 0.3) is 0 Å². The Labute approximate surface area is 142 Å². The van der Waals surface area contributed by atoms with Crippen molar-refractivity contribution in [1.29, 1.82) is 0 Å². The van der Waals surface area contributed by atoms with E-state index >= 15 is 0 Å². The lowest BCUT2D eigenvalue weighted by Crippen LogP contribution is -2.29. The number of benzene rings is 2. The molecular formula is C16H11F7N2O. The molecule has 2 amide bonds. The van der Waals surface area contributed by atoms with Gasteiger partial charge in [-0.2, -0.15) is 26.3 Å². The predicted molar refractivity (Wildman–Crippen MR) is 78.7 cm³/mol. The number of amides is 2. The Hall–Kier alpha value is -2.78. The molecule has 0 fully saturated rings. The summed E-state index contributed by atoms with van der Waals surface area (Å²) >= 11 is 0. The Morgan fingerprint density at radius 3 is 2.04 bits per heavy atom. The minimum Gasteiger partial charge on any atom is -0.334 e. The molecule has 0 heterocycles. The number of carbonyl (C=O) groups excluding carboxylic acids is 1. The van der Waals surface area contributed by atoms with Gasteiger partial charge in [0, 0.05) is 6.54 Å². The van der Waals surface area contributed by atoms with Crippen molar-refractivity contribution in [3.63, 3.8) is 0 Å². The Morgan fingerprint density at radius 1 is 0.885 bits per heavy atom.